The van der Waals surface area contributed by atoms with Gasteiger partial charge in [-0.15, -0.1) is 11.8 Å². The number of nitrogens with zero attached hydrogens (tertiary/aromatic N) is 2. The fraction of sp³-hybridized carbons (Fsp3) is 0.278. The van der Waals surface area contributed by atoms with E-state index < -0.39 is 4.92 Å². The van der Waals surface area contributed by atoms with Gasteiger partial charge in [0.2, 0.25) is 0 Å². The lowest BCUT2D eigenvalue weighted by Crippen LogP contribution is -2.30. The summed E-state index contributed by atoms with van der Waals surface area (Å²) in [6.45, 7) is 1.62. The predicted molar refractivity (Wildman–Crippen MR) is 96.8 cm³/mol. The molecule has 1 amide bonds. The Morgan fingerprint density at radius 2 is 1.96 bits per heavy atom. The highest BCUT2D eigenvalue weighted by Gasteiger charge is 2.32. The molecule has 2 aromatic rings. The van der Waals surface area contributed by atoms with Gasteiger partial charge in [0, 0.05) is 30.0 Å². The largest absolute Gasteiger partial charge is 0.486 e. The van der Waals surface area contributed by atoms with Crippen molar-refractivity contribution >= 4 is 23.4 Å². The molecule has 0 aliphatic carbocycles. The molecule has 8 heteroatoms. The summed E-state index contributed by atoms with van der Waals surface area (Å²) in [5.74, 6) is 1.99. The van der Waals surface area contributed by atoms with Crippen molar-refractivity contribution in [3.63, 3.8) is 0 Å². The first-order valence-corrected chi connectivity index (χ1v) is 9.25. The Labute approximate surface area is 154 Å². The zero-order valence-electron chi connectivity index (χ0n) is 13.8. The van der Waals surface area contributed by atoms with E-state index in [9.17, 15) is 14.9 Å². The summed E-state index contributed by atoms with van der Waals surface area (Å²) in [6.07, 6.45) is 0. The Bertz CT molecular complexity index is 872. The molecule has 134 valence electrons. The monoisotopic (exact) mass is 372 g/mol. The molecule has 2 aliphatic rings. The van der Waals surface area contributed by atoms with Crippen LogP contribution in [0.3, 0.4) is 0 Å². The number of thioether (sulfide) groups is 1. The third-order valence-corrected chi connectivity index (χ3v) is 5.57. The molecule has 1 saturated heterocycles. The van der Waals surface area contributed by atoms with Gasteiger partial charge >= 0.3 is 0 Å². The second-order valence-corrected chi connectivity index (χ2v) is 7.12. The summed E-state index contributed by atoms with van der Waals surface area (Å²) in [4.78, 5) is 25.2. The van der Waals surface area contributed by atoms with E-state index in [1.807, 2.05) is 18.2 Å². The fourth-order valence-electron chi connectivity index (χ4n) is 3.09. The number of nitro groups is 1. The lowest BCUT2D eigenvalue weighted by molar-refractivity contribution is -0.384. The van der Waals surface area contributed by atoms with Gasteiger partial charge in [-0.25, -0.2) is 0 Å². The van der Waals surface area contributed by atoms with Crippen LogP contribution in [0.5, 0.6) is 11.5 Å². The van der Waals surface area contributed by atoms with Crippen molar-refractivity contribution < 1.29 is 19.2 Å². The standard InChI is InChI=1S/C18H16N2O5S/c21-17(12-2-1-3-14(10-12)20(22)23)19-6-9-26-18(19)13-4-5-15-16(11-13)25-8-7-24-15/h1-5,10-11,18H,6-9H2. The zero-order chi connectivity index (χ0) is 18.1. The lowest BCUT2D eigenvalue weighted by atomic mass is 10.1. The topological polar surface area (TPSA) is 81.9 Å². The smallest absolute Gasteiger partial charge is 0.270 e. The van der Waals surface area contributed by atoms with Crippen LogP contribution in [0.4, 0.5) is 5.69 Å². The van der Waals surface area contributed by atoms with Crippen molar-refractivity contribution in [1.29, 1.82) is 0 Å². The van der Waals surface area contributed by atoms with Crippen molar-refractivity contribution in [3.05, 3.63) is 63.7 Å². The Morgan fingerprint density at radius 1 is 1.15 bits per heavy atom. The number of carbonyl (C=O) groups excluding carboxylic acids is 1. The molecule has 1 fully saturated rings. The van der Waals surface area contributed by atoms with Crippen molar-refractivity contribution in [1.82, 2.24) is 4.90 Å². The molecule has 0 saturated carbocycles. The van der Waals surface area contributed by atoms with Crippen LogP contribution in [0.25, 0.3) is 0 Å². The molecule has 0 radical (unpaired) electrons. The van der Waals surface area contributed by atoms with Crippen molar-refractivity contribution in [2.45, 2.75) is 5.37 Å². The quantitative estimate of drug-likeness (QED) is 0.608. The SMILES string of the molecule is O=C(c1cccc([N+](=O)[O-])c1)N1CCSC1c1ccc2c(c1)OCCO2. The van der Waals surface area contributed by atoms with Crippen LogP contribution in [0, 0.1) is 10.1 Å². The molecule has 1 atom stereocenters. The van der Waals surface area contributed by atoms with Crippen LogP contribution >= 0.6 is 11.8 Å². The number of non-ortho nitro benzene ring substituents is 1. The third-order valence-electron chi connectivity index (χ3n) is 4.31. The summed E-state index contributed by atoms with van der Waals surface area (Å²) in [5.41, 5.74) is 1.19. The van der Waals surface area contributed by atoms with Gasteiger partial charge in [-0.1, -0.05) is 12.1 Å². The molecule has 0 bridgehead atoms. The minimum Gasteiger partial charge on any atom is -0.486 e. The van der Waals surface area contributed by atoms with Gasteiger partial charge in [-0.2, -0.15) is 0 Å². The van der Waals surface area contributed by atoms with E-state index in [1.54, 1.807) is 22.7 Å². The highest BCUT2D eigenvalue weighted by atomic mass is 32.2. The Hall–Kier alpha value is -2.74. The first kappa shape index (κ1) is 16.7. The number of hydrogen-bond donors (Lipinski definition) is 0. The van der Waals surface area contributed by atoms with Gasteiger partial charge in [-0.05, 0) is 23.8 Å². The maximum atomic E-state index is 12.9. The number of amides is 1. The molecule has 2 aliphatic heterocycles. The predicted octanol–water partition coefficient (Wildman–Crippen LogP) is 3.25. The average molecular weight is 372 g/mol. The highest BCUT2D eigenvalue weighted by Crippen LogP contribution is 2.42. The minimum atomic E-state index is -0.492. The zero-order valence-corrected chi connectivity index (χ0v) is 14.6. The van der Waals surface area contributed by atoms with Crippen molar-refractivity contribution in [3.8, 4) is 11.5 Å². The van der Waals surface area contributed by atoms with Crippen LogP contribution in [0.15, 0.2) is 42.5 Å². The first-order valence-electron chi connectivity index (χ1n) is 8.20. The van der Waals surface area contributed by atoms with Gasteiger partial charge < -0.3 is 14.4 Å². The molecule has 2 heterocycles. The van der Waals surface area contributed by atoms with Crippen molar-refractivity contribution in [2.75, 3.05) is 25.5 Å². The van der Waals surface area contributed by atoms with Crippen LogP contribution < -0.4 is 9.47 Å². The number of hydrogen-bond acceptors (Lipinski definition) is 6. The van der Waals surface area contributed by atoms with Crippen LogP contribution in [-0.4, -0.2) is 41.2 Å². The maximum absolute atomic E-state index is 12.9. The van der Waals surface area contributed by atoms with Gasteiger partial charge in [0.25, 0.3) is 11.6 Å². The molecular formula is C18H16N2O5S. The summed E-state index contributed by atoms with van der Waals surface area (Å²) in [6, 6.07) is 11.6. The molecule has 0 spiro atoms. The first-order chi connectivity index (χ1) is 12.6. The normalized spacial score (nSPS) is 18.6. The Balaban J connectivity index is 1.61. The van der Waals surface area contributed by atoms with E-state index in [0.717, 1.165) is 11.3 Å². The fourth-order valence-corrected chi connectivity index (χ4v) is 4.33. The second-order valence-electron chi connectivity index (χ2n) is 5.93. The molecule has 0 N–H and O–H groups in total. The minimum absolute atomic E-state index is 0.0846. The number of ether oxygens (including phenoxy) is 2. The second kappa shape index (κ2) is 6.87. The van der Waals surface area contributed by atoms with Crippen molar-refractivity contribution in [2.24, 2.45) is 0 Å². The highest BCUT2D eigenvalue weighted by molar-refractivity contribution is 7.99. The molecule has 2 aromatic carbocycles. The van der Waals surface area contributed by atoms with E-state index >= 15 is 0 Å². The number of benzene rings is 2. The summed E-state index contributed by atoms with van der Waals surface area (Å²) in [7, 11) is 0. The van der Waals surface area contributed by atoms with Crippen LogP contribution in [-0.2, 0) is 0 Å². The van der Waals surface area contributed by atoms with Gasteiger partial charge in [0.1, 0.15) is 18.6 Å². The van der Waals surface area contributed by atoms with E-state index in [4.69, 9.17) is 9.47 Å². The number of carbonyl (C=O) groups is 1. The van der Waals surface area contributed by atoms with Gasteiger partial charge in [-0.3, -0.25) is 14.9 Å². The third kappa shape index (κ3) is 3.08. The average Bonchev–Trinajstić information content (AvgIpc) is 3.17. The Morgan fingerprint density at radius 3 is 2.77 bits per heavy atom. The number of rotatable bonds is 3. The van der Waals surface area contributed by atoms with Gasteiger partial charge in [0.05, 0.1) is 4.92 Å². The molecule has 4 rings (SSSR count). The van der Waals surface area contributed by atoms with E-state index in [2.05, 4.69) is 0 Å². The molecule has 26 heavy (non-hydrogen) atoms. The maximum Gasteiger partial charge on any atom is 0.270 e. The van der Waals surface area contributed by atoms with E-state index in [1.165, 1.54) is 18.2 Å². The molecule has 1 unspecified atom stereocenters. The lowest BCUT2D eigenvalue weighted by Gasteiger charge is -2.26. The summed E-state index contributed by atoms with van der Waals surface area (Å²) in [5, 5.41) is 10.8. The summed E-state index contributed by atoms with van der Waals surface area (Å²) < 4.78 is 11.2. The van der Waals surface area contributed by atoms with Crippen LogP contribution in [0.1, 0.15) is 21.3 Å². The molecular weight excluding hydrogens is 356 g/mol. The molecule has 0 aromatic heterocycles. The number of nitro benzene ring substituents is 1. The van der Waals surface area contributed by atoms with Gasteiger partial charge in [0.15, 0.2) is 11.5 Å². The summed E-state index contributed by atoms with van der Waals surface area (Å²) >= 11 is 1.66. The van der Waals surface area contributed by atoms with Crippen LogP contribution in [0.2, 0.25) is 0 Å². The van der Waals surface area contributed by atoms with E-state index in [0.29, 0.717) is 36.8 Å². The van der Waals surface area contributed by atoms with E-state index in [-0.39, 0.29) is 17.0 Å². The Kier molecular flexibility index (Phi) is 4.42. The molecule has 7 nitrogen and oxygen atoms in total. The number of fused-ring (bicyclic) bond motifs is 1.